The Labute approximate surface area is 138 Å². The van der Waals surface area contributed by atoms with Gasteiger partial charge in [-0.1, -0.05) is 0 Å². The van der Waals surface area contributed by atoms with E-state index in [9.17, 15) is 14.7 Å². The van der Waals surface area contributed by atoms with Crippen LogP contribution in [0.4, 0.5) is 0 Å². The van der Waals surface area contributed by atoms with Crippen LogP contribution in [0.1, 0.15) is 15.9 Å². The SMILES string of the molecule is O=C(OCc1cc(=O)oc2cc(O)ccc12)c1cncc(Br)c1. The molecule has 0 spiro atoms. The number of nitrogens with zero attached hydrogens (tertiary/aromatic N) is 1. The van der Waals surface area contributed by atoms with Gasteiger partial charge in [-0.25, -0.2) is 9.59 Å². The quantitative estimate of drug-likeness (QED) is 0.558. The first-order valence-electron chi connectivity index (χ1n) is 6.56. The molecular weight excluding hydrogens is 366 g/mol. The van der Waals surface area contributed by atoms with E-state index in [2.05, 4.69) is 20.9 Å². The fraction of sp³-hybridized carbons (Fsp3) is 0.0625. The first-order chi connectivity index (χ1) is 11.0. The highest BCUT2D eigenvalue weighted by molar-refractivity contribution is 9.10. The number of hydrogen-bond acceptors (Lipinski definition) is 6. The Bertz CT molecular complexity index is 951. The van der Waals surface area contributed by atoms with Crippen LogP contribution >= 0.6 is 15.9 Å². The van der Waals surface area contributed by atoms with Gasteiger partial charge in [-0.3, -0.25) is 4.98 Å². The predicted octanol–water partition coefficient (Wildman–Crippen LogP) is 3.01. The minimum atomic E-state index is -0.585. The molecule has 0 radical (unpaired) electrons. The van der Waals surface area contributed by atoms with Crippen LogP contribution in [0.2, 0.25) is 0 Å². The molecule has 0 aliphatic rings. The van der Waals surface area contributed by atoms with Gasteiger partial charge in [-0.15, -0.1) is 0 Å². The molecular formula is C16H10BrNO5. The zero-order valence-corrected chi connectivity index (χ0v) is 13.2. The fourth-order valence-corrected chi connectivity index (χ4v) is 2.45. The number of aromatic hydroxyl groups is 1. The van der Waals surface area contributed by atoms with Crippen molar-refractivity contribution < 1.29 is 19.1 Å². The summed E-state index contributed by atoms with van der Waals surface area (Å²) < 4.78 is 10.9. The van der Waals surface area contributed by atoms with Crippen LogP contribution in [0.5, 0.6) is 5.75 Å². The summed E-state index contributed by atoms with van der Waals surface area (Å²) in [5.74, 6) is -0.575. The first-order valence-corrected chi connectivity index (χ1v) is 7.35. The third-order valence-electron chi connectivity index (χ3n) is 3.11. The van der Waals surface area contributed by atoms with E-state index in [1.807, 2.05) is 0 Å². The van der Waals surface area contributed by atoms with E-state index in [-0.39, 0.29) is 17.9 Å². The number of carbonyl (C=O) groups is 1. The summed E-state index contributed by atoms with van der Waals surface area (Å²) in [6.45, 7) is -0.0990. The summed E-state index contributed by atoms with van der Waals surface area (Å²) in [6, 6.07) is 7.24. The Balaban J connectivity index is 1.87. The molecule has 7 heteroatoms. The van der Waals surface area contributed by atoms with Gasteiger partial charge in [0.05, 0.1) is 5.56 Å². The number of halogens is 1. The molecule has 2 heterocycles. The number of ether oxygens (including phenoxy) is 1. The third-order valence-corrected chi connectivity index (χ3v) is 3.55. The summed E-state index contributed by atoms with van der Waals surface area (Å²) in [5.41, 5.74) is 0.433. The molecule has 0 saturated carbocycles. The van der Waals surface area contributed by atoms with Crippen LogP contribution in [0, 0.1) is 0 Å². The summed E-state index contributed by atoms with van der Waals surface area (Å²) in [5, 5.41) is 10.0. The summed E-state index contributed by atoms with van der Waals surface area (Å²) in [4.78, 5) is 27.5. The number of aromatic nitrogens is 1. The molecule has 116 valence electrons. The van der Waals surface area contributed by atoms with E-state index < -0.39 is 11.6 Å². The summed E-state index contributed by atoms with van der Waals surface area (Å²) in [6.07, 6.45) is 2.95. The van der Waals surface area contributed by atoms with Crippen LogP contribution < -0.4 is 5.63 Å². The molecule has 23 heavy (non-hydrogen) atoms. The minimum Gasteiger partial charge on any atom is -0.508 e. The van der Waals surface area contributed by atoms with Gasteiger partial charge in [-0.2, -0.15) is 0 Å². The number of benzene rings is 1. The maximum Gasteiger partial charge on any atom is 0.340 e. The summed E-state index contributed by atoms with van der Waals surface area (Å²) in [7, 11) is 0. The second-order valence-electron chi connectivity index (χ2n) is 4.74. The lowest BCUT2D eigenvalue weighted by molar-refractivity contribution is 0.0473. The Morgan fingerprint density at radius 2 is 2.09 bits per heavy atom. The fourth-order valence-electron chi connectivity index (χ4n) is 2.09. The smallest absolute Gasteiger partial charge is 0.340 e. The average Bonchev–Trinajstić information content (AvgIpc) is 2.51. The molecule has 0 atom stereocenters. The molecule has 3 aromatic rings. The minimum absolute atomic E-state index is 0.0185. The van der Waals surface area contributed by atoms with E-state index in [4.69, 9.17) is 9.15 Å². The molecule has 0 amide bonds. The maximum atomic E-state index is 12.0. The van der Waals surface area contributed by atoms with Crippen LogP contribution in [0.25, 0.3) is 11.0 Å². The van der Waals surface area contributed by atoms with Crippen molar-refractivity contribution in [1.82, 2.24) is 4.98 Å². The van der Waals surface area contributed by atoms with Gasteiger partial charge in [-0.05, 0) is 34.1 Å². The van der Waals surface area contributed by atoms with E-state index in [0.717, 1.165) is 0 Å². The van der Waals surface area contributed by atoms with Gasteiger partial charge in [0.15, 0.2) is 0 Å². The van der Waals surface area contributed by atoms with Gasteiger partial charge in [0.1, 0.15) is 17.9 Å². The molecule has 0 saturated heterocycles. The van der Waals surface area contributed by atoms with E-state index in [0.29, 0.717) is 21.0 Å². The number of esters is 1. The number of carbonyl (C=O) groups excluding carboxylic acids is 1. The van der Waals surface area contributed by atoms with E-state index in [1.54, 1.807) is 18.3 Å². The first kappa shape index (κ1) is 15.2. The number of rotatable bonds is 3. The van der Waals surface area contributed by atoms with Crippen molar-refractivity contribution in [3.8, 4) is 5.75 Å². The van der Waals surface area contributed by atoms with Crippen LogP contribution in [-0.2, 0) is 11.3 Å². The van der Waals surface area contributed by atoms with E-state index >= 15 is 0 Å². The molecule has 0 bridgehead atoms. The second-order valence-corrected chi connectivity index (χ2v) is 5.65. The van der Waals surface area contributed by atoms with Gasteiger partial charge in [0.2, 0.25) is 0 Å². The van der Waals surface area contributed by atoms with Gasteiger partial charge < -0.3 is 14.3 Å². The molecule has 2 aromatic heterocycles. The highest BCUT2D eigenvalue weighted by atomic mass is 79.9. The normalized spacial score (nSPS) is 10.7. The van der Waals surface area contributed by atoms with Crippen LogP contribution in [0.15, 0.2) is 56.4 Å². The molecule has 1 N–H and O–H groups in total. The monoisotopic (exact) mass is 375 g/mol. The second kappa shape index (κ2) is 6.21. The topological polar surface area (TPSA) is 89.6 Å². The molecule has 0 aliphatic heterocycles. The van der Waals surface area contributed by atoms with Crippen molar-refractivity contribution in [2.24, 2.45) is 0 Å². The number of fused-ring (bicyclic) bond motifs is 1. The molecule has 6 nitrogen and oxygen atoms in total. The molecule has 0 unspecified atom stereocenters. The van der Waals surface area contributed by atoms with Crippen molar-refractivity contribution in [3.63, 3.8) is 0 Å². The van der Waals surface area contributed by atoms with Gasteiger partial charge in [0.25, 0.3) is 0 Å². The predicted molar refractivity (Wildman–Crippen MR) is 85.2 cm³/mol. The largest absolute Gasteiger partial charge is 0.508 e. The van der Waals surface area contributed by atoms with Gasteiger partial charge >= 0.3 is 11.6 Å². The van der Waals surface area contributed by atoms with Crippen molar-refractivity contribution >= 4 is 32.9 Å². The van der Waals surface area contributed by atoms with Crippen molar-refractivity contribution in [2.45, 2.75) is 6.61 Å². The lowest BCUT2D eigenvalue weighted by atomic mass is 10.1. The highest BCUT2D eigenvalue weighted by Gasteiger charge is 2.11. The van der Waals surface area contributed by atoms with E-state index in [1.165, 1.54) is 24.4 Å². The average molecular weight is 376 g/mol. The molecule has 3 rings (SSSR count). The molecule has 0 aliphatic carbocycles. The number of phenols is 1. The lowest BCUT2D eigenvalue weighted by Crippen LogP contribution is -2.08. The van der Waals surface area contributed by atoms with Crippen molar-refractivity contribution in [2.75, 3.05) is 0 Å². The Morgan fingerprint density at radius 1 is 1.26 bits per heavy atom. The van der Waals surface area contributed by atoms with Gasteiger partial charge in [0, 0.05) is 39.9 Å². The Morgan fingerprint density at radius 3 is 2.87 bits per heavy atom. The van der Waals surface area contributed by atoms with Crippen molar-refractivity contribution in [3.05, 3.63) is 68.7 Å². The number of hydrogen-bond donors (Lipinski definition) is 1. The standard InChI is InChI=1S/C16H10BrNO5/c17-11-3-9(6-18-7-11)16(21)22-8-10-4-15(20)23-14-5-12(19)1-2-13(10)14/h1-7,19H,8H2. The Hall–Kier alpha value is -2.67. The Kier molecular flexibility index (Phi) is 4.12. The van der Waals surface area contributed by atoms with Crippen LogP contribution in [-0.4, -0.2) is 16.1 Å². The van der Waals surface area contributed by atoms with Crippen molar-refractivity contribution in [1.29, 1.82) is 0 Å². The molecule has 1 aromatic carbocycles. The van der Waals surface area contributed by atoms with Crippen LogP contribution in [0.3, 0.4) is 0 Å². The zero-order chi connectivity index (χ0) is 16.4. The lowest BCUT2D eigenvalue weighted by Gasteiger charge is -2.07. The summed E-state index contributed by atoms with van der Waals surface area (Å²) >= 11 is 3.23. The molecule has 0 fully saturated rings. The maximum absolute atomic E-state index is 12.0. The highest BCUT2D eigenvalue weighted by Crippen LogP contribution is 2.22. The zero-order valence-electron chi connectivity index (χ0n) is 11.7. The third kappa shape index (κ3) is 3.40. The number of phenolic OH excluding ortho intramolecular Hbond substituents is 1. The number of pyridine rings is 1.